The first-order chi connectivity index (χ1) is 15.1. The molecule has 3 rings (SSSR count). The number of benzene rings is 1. The van der Waals surface area contributed by atoms with Crippen LogP contribution in [-0.2, 0) is 9.53 Å². The van der Waals surface area contributed by atoms with E-state index in [1.54, 1.807) is 19.1 Å². The number of halogens is 3. The number of carbonyl (C=O) groups is 1. The quantitative estimate of drug-likeness (QED) is 0.596. The van der Waals surface area contributed by atoms with Gasteiger partial charge in [0.15, 0.2) is 0 Å². The summed E-state index contributed by atoms with van der Waals surface area (Å²) >= 11 is 0. The number of piperidine rings is 1. The van der Waals surface area contributed by atoms with Gasteiger partial charge in [-0.25, -0.2) is 0 Å². The monoisotopic (exact) mass is 450 g/mol. The van der Waals surface area contributed by atoms with E-state index in [1.165, 1.54) is 6.08 Å². The Hall–Kier alpha value is -2.12. The van der Waals surface area contributed by atoms with Crippen LogP contribution in [0.25, 0.3) is 5.57 Å². The van der Waals surface area contributed by atoms with Gasteiger partial charge in [-0.2, -0.15) is 13.2 Å². The Labute approximate surface area is 188 Å². The van der Waals surface area contributed by atoms with Crippen molar-refractivity contribution in [2.45, 2.75) is 57.8 Å². The molecular formula is C25H33F3N2O2. The Bertz CT molecular complexity index is 840. The van der Waals surface area contributed by atoms with Crippen LogP contribution in [0, 0.1) is 5.41 Å². The molecule has 1 aromatic rings. The fraction of sp³-hybridized carbons (Fsp3) is 0.560. The maximum atomic E-state index is 14.1. The lowest BCUT2D eigenvalue weighted by Crippen LogP contribution is -2.56. The van der Waals surface area contributed by atoms with Crippen molar-refractivity contribution in [1.29, 1.82) is 0 Å². The molecule has 1 aliphatic heterocycles. The van der Waals surface area contributed by atoms with Crippen molar-refractivity contribution in [3.8, 4) is 0 Å². The second kappa shape index (κ2) is 9.79. The number of ether oxygens (including phenoxy) is 1. The predicted molar refractivity (Wildman–Crippen MR) is 120 cm³/mol. The zero-order valence-electron chi connectivity index (χ0n) is 19.0. The van der Waals surface area contributed by atoms with Crippen LogP contribution in [0.15, 0.2) is 48.6 Å². The lowest BCUT2D eigenvalue weighted by atomic mass is 9.78. The van der Waals surface area contributed by atoms with Crippen LogP contribution in [-0.4, -0.2) is 54.9 Å². The highest BCUT2D eigenvalue weighted by Crippen LogP contribution is 2.46. The highest BCUT2D eigenvalue weighted by molar-refractivity contribution is 5.79. The summed E-state index contributed by atoms with van der Waals surface area (Å²) in [4.78, 5) is 14.3. The molecule has 1 atom stereocenters. The summed E-state index contributed by atoms with van der Waals surface area (Å²) in [5, 5.41) is 3.18. The number of nitrogens with zero attached hydrogens (tertiary/aromatic N) is 1. The van der Waals surface area contributed by atoms with E-state index in [2.05, 4.69) is 10.2 Å². The summed E-state index contributed by atoms with van der Waals surface area (Å²) in [5.74, 6) is -0.268. The number of likely N-dealkylation sites (tertiary alicyclic amines) is 1. The molecule has 176 valence electrons. The molecule has 0 aromatic heterocycles. The van der Waals surface area contributed by atoms with Crippen molar-refractivity contribution in [2.75, 3.05) is 26.2 Å². The van der Waals surface area contributed by atoms with E-state index in [-0.39, 0.29) is 25.0 Å². The van der Waals surface area contributed by atoms with E-state index in [0.717, 1.165) is 11.1 Å². The first-order valence-corrected chi connectivity index (χ1v) is 11.3. The van der Waals surface area contributed by atoms with Crippen LogP contribution in [0.5, 0.6) is 0 Å². The summed E-state index contributed by atoms with van der Waals surface area (Å²) < 4.78 is 47.4. The maximum Gasteiger partial charge on any atom is 0.399 e. The third kappa shape index (κ3) is 5.26. The van der Waals surface area contributed by atoms with Gasteiger partial charge in [-0.1, -0.05) is 48.6 Å². The average molecular weight is 451 g/mol. The standard InChI is InChI=1S/C25H33F3N2O2/c1-4-32-22(31)23(2,3)30-16-12-21(13-17-30)29-18-24(25(26,27)28)14-10-20(11-15-24)19-8-6-5-7-9-19/h5-11,14,21,29H,4,12-13,15-18H2,1-3H3. The van der Waals surface area contributed by atoms with Crippen molar-refractivity contribution in [3.63, 3.8) is 0 Å². The van der Waals surface area contributed by atoms with E-state index in [1.807, 2.05) is 44.2 Å². The largest absolute Gasteiger partial charge is 0.465 e. The third-order valence-corrected chi connectivity index (χ3v) is 6.71. The zero-order valence-corrected chi connectivity index (χ0v) is 19.0. The third-order valence-electron chi connectivity index (χ3n) is 6.71. The van der Waals surface area contributed by atoms with Crippen LogP contribution in [0.4, 0.5) is 13.2 Å². The minimum atomic E-state index is -4.35. The minimum Gasteiger partial charge on any atom is -0.465 e. The highest BCUT2D eigenvalue weighted by Gasteiger charge is 2.53. The van der Waals surface area contributed by atoms with E-state index in [0.29, 0.717) is 32.5 Å². The van der Waals surface area contributed by atoms with Crippen molar-refractivity contribution in [3.05, 3.63) is 54.1 Å². The van der Waals surface area contributed by atoms with Crippen molar-refractivity contribution in [1.82, 2.24) is 10.2 Å². The van der Waals surface area contributed by atoms with E-state index >= 15 is 0 Å². The van der Waals surface area contributed by atoms with Crippen LogP contribution >= 0.6 is 0 Å². The Kier molecular flexibility index (Phi) is 7.50. The molecule has 1 unspecified atom stereocenters. The number of rotatable bonds is 7. The number of nitrogens with one attached hydrogen (secondary N) is 1. The summed E-state index contributed by atoms with van der Waals surface area (Å²) in [5.41, 5.74) is -0.907. The normalized spacial score (nSPS) is 23.1. The number of allylic oxidation sites excluding steroid dienone is 3. The number of hydrogen-bond acceptors (Lipinski definition) is 4. The van der Waals surface area contributed by atoms with Gasteiger partial charge in [-0.05, 0) is 51.2 Å². The lowest BCUT2D eigenvalue weighted by molar-refractivity contribution is -0.204. The molecule has 0 amide bonds. The summed E-state index contributed by atoms with van der Waals surface area (Å²) in [7, 11) is 0. The van der Waals surface area contributed by atoms with Crippen LogP contribution < -0.4 is 5.32 Å². The Morgan fingerprint density at radius 3 is 2.38 bits per heavy atom. The van der Waals surface area contributed by atoms with Gasteiger partial charge in [0.1, 0.15) is 11.0 Å². The molecule has 1 saturated heterocycles. The smallest absolute Gasteiger partial charge is 0.399 e. The topological polar surface area (TPSA) is 41.6 Å². The van der Waals surface area contributed by atoms with Crippen LogP contribution in [0.1, 0.15) is 45.6 Å². The Morgan fingerprint density at radius 2 is 1.84 bits per heavy atom. The molecule has 7 heteroatoms. The lowest BCUT2D eigenvalue weighted by Gasteiger charge is -2.42. The first-order valence-electron chi connectivity index (χ1n) is 11.3. The van der Waals surface area contributed by atoms with Gasteiger partial charge in [-0.3, -0.25) is 9.69 Å². The van der Waals surface area contributed by atoms with E-state index in [9.17, 15) is 18.0 Å². The number of esters is 1. The second-order valence-electron chi connectivity index (χ2n) is 9.14. The molecule has 0 spiro atoms. The predicted octanol–water partition coefficient (Wildman–Crippen LogP) is 4.97. The number of carbonyl (C=O) groups excluding carboxylic acids is 1. The Balaban J connectivity index is 1.60. The fourth-order valence-corrected chi connectivity index (χ4v) is 4.37. The molecule has 1 aromatic carbocycles. The molecule has 0 saturated carbocycles. The van der Waals surface area contributed by atoms with Gasteiger partial charge in [0.05, 0.1) is 6.61 Å². The maximum absolute atomic E-state index is 14.1. The molecule has 2 aliphatic rings. The summed E-state index contributed by atoms with van der Waals surface area (Å²) in [6, 6.07) is 9.44. The van der Waals surface area contributed by atoms with Crippen molar-refractivity contribution >= 4 is 11.5 Å². The molecule has 1 N–H and O–H groups in total. The zero-order chi connectivity index (χ0) is 23.4. The molecular weight excluding hydrogens is 417 g/mol. The van der Waals surface area contributed by atoms with Crippen LogP contribution in [0.3, 0.4) is 0 Å². The molecule has 1 heterocycles. The number of alkyl halides is 3. The molecule has 4 nitrogen and oxygen atoms in total. The molecule has 1 fully saturated rings. The second-order valence-corrected chi connectivity index (χ2v) is 9.14. The van der Waals surface area contributed by atoms with Gasteiger partial charge >= 0.3 is 12.1 Å². The average Bonchev–Trinajstić information content (AvgIpc) is 2.78. The molecule has 0 radical (unpaired) electrons. The van der Waals surface area contributed by atoms with Gasteiger partial charge in [0.25, 0.3) is 0 Å². The highest BCUT2D eigenvalue weighted by atomic mass is 19.4. The van der Waals surface area contributed by atoms with E-state index in [4.69, 9.17) is 4.74 Å². The number of hydrogen-bond donors (Lipinski definition) is 1. The molecule has 1 aliphatic carbocycles. The Morgan fingerprint density at radius 1 is 1.19 bits per heavy atom. The van der Waals surface area contributed by atoms with Gasteiger partial charge in [-0.15, -0.1) is 0 Å². The van der Waals surface area contributed by atoms with Gasteiger partial charge in [0.2, 0.25) is 0 Å². The SMILES string of the molecule is CCOC(=O)C(C)(C)N1CCC(NCC2(C(F)(F)F)C=CC(c3ccccc3)=CC2)CC1. The van der Waals surface area contributed by atoms with Crippen molar-refractivity contribution in [2.24, 2.45) is 5.41 Å². The minimum absolute atomic E-state index is 0.0172. The molecule has 32 heavy (non-hydrogen) atoms. The van der Waals surface area contributed by atoms with Gasteiger partial charge < -0.3 is 10.1 Å². The summed E-state index contributed by atoms with van der Waals surface area (Å²) in [6.45, 7) is 6.89. The fourth-order valence-electron chi connectivity index (χ4n) is 4.37. The molecule has 0 bridgehead atoms. The summed E-state index contributed by atoms with van der Waals surface area (Å²) in [6.07, 6.45) is 1.55. The first kappa shape index (κ1) is 24.5. The van der Waals surface area contributed by atoms with Crippen molar-refractivity contribution < 1.29 is 22.7 Å². The van der Waals surface area contributed by atoms with Gasteiger partial charge in [0, 0.05) is 25.7 Å². The van der Waals surface area contributed by atoms with E-state index < -0.39 is 17.1 Å². The van der Waals surface area contributed by atoms with Crippen LogP contribution in [0.2, 0.25) is 0 Å².